The minimum absolute atomic E-state index is 0.178. The molecule has 0 bridgehead atoms. The fourth-order valence-corrected chi connectivity index (χ4v) is 1.86. The third kappa shape index (κ3) is 4.11. The van der Waals surface area contributed by atoms with E-state index in [1.807, 2.05) is 6.20 Å². The van der Waals surface area contributed by atoms with Crippen LogP contribution in [0.4, 0.5) is 0 Å². The van der Waals surface area contributed by atoms with E-state index in [0.717, 1.165) is 18.5 Å². The molecule has 0 amide bonds. The molecule has 0 aromatic carbocycles. The van der Waals surface area contributed by atoms with E-state index in [2.05, 4.69) is 32.2 Å². The monoisotopic (exact) mass is 292 g/mol. The Bertz CT molecular complexity index is 549. The molecule has 0 spiro atoms. The fraction of sp³-hybridized carbons (Fsp3) is 0.615. The average Bonchev–Trinajstić information content (AvgIpc) is 3.00. The highest BCUT2D eigenvalue weighted by molar-refractivity contribution is 5.16. The second kappa shape index (κ2) is 7.51. The first-order valence-electron chi connectivity index (χ1n) is 7.02. The van der Waals surface area contributed by atoms with Crippen LogP contribution in [0.5, 0.6) is 12.0 Å². The Kier molecular flexibility index (Phi) is 5.42. The molecule has 0 N–H and O–H groups in total. The van der Waals surface area contributed by atoms with Crippen LogP contribution >= 0.6 is 0 Å². The molecule has 2 aromatic heterocycles. The lowest BCUT2D eigenvalue weighted by Gasteiger charge is -2.03. The summed E-state index contributed by atoms with van der Waals surface area (Å²) in [4.78, 5) is 12.2. The van der Waals surface area contributed by atoms with Crippen LogP contribution in [0.15, 0.2) is 6.20 Å². The zero-order valence-electron chi connectivity index (χ0n) is 12.6. The van der Waals surface area contributed by atoms with Gasteiger partial charge in [-0.15, -0.1) is 10.1 Å². The van der Waals surface area contributed by atoms with Crippen LogP contribution in [0.1, 0.15) is 38.3 Å². The summed E-state index contributed by atoms with van der Waals surface area (Å²) in [5.74, 6) is 0.325. The number of methoxy groups -OCH3 is 2. The molecule has 21 heavy (non-hydrogen) atoms. The van der Waals surface area contributed by atoms with Gasteiger partial charge in [0.1, 0.15) is 0 Å². The molecule has 0 aliphatic rings. The highest BCUT2D eigenvalue weighted by atomic mass is 16.5. The molecule has 8 nitrogen and oxygen atoms in total. The van der Waals surface area contributed by atoms with Gasteiger partial charge in [-0.05, 0) is 12.8 Å². The topological polar surface area (TPSA) is 87.8 Å². The molecule has 2 heterocycles. The van der Waals surface area contributed by atoms with Crippen LogP contribution in [0.2, 0.25) is 0 Å². The molecule has 0 atom stereocenters. The Hall–Kier alpha value is -2.25. The number of hydrogen-bond acceptors (Lipinski definition) is 7. The molecule has 0 radical (unpaired) electrons. The molecule has 2 aromatic rings. The molecule has 2 rings (SSSR count). The Balaban J connectivity index is 2.09. The Labute approximate surface area is 123 Å². The van der Waals surface area contributed by atoms with Crippen LogP contribution < -0.4 is 9.47 Å². The lowest BCUT2D eigenvalue weighted by molar-refractivity contribution is 0.338. The van der Waals surface area contributed by atoms with Gasteiger partial charge < -0.3 is 9.47 Å². The normalized spacial score (nSPS) is 10.6. The predicted molar refractivity (Wildman–Crippen MR) is 75.7 cm³/mol. The second-order valence-corrected chi connectivity index (χ2v) is 4.57. The number of aromatic nitrogens is 6. The number of rotatable bonds is 8. The molecule has 0 aliphatic carbocycles. The van der Waals surface area contributed by atoms with Crippen molar-refractivity contribution in [2.24, 2.45) is 0 Å². The van der Waals surface area contributed by atoms with Gasteiger partial charge in [0.15, 0.2) is 0 Å². The highest BCUT2D eigenvalue weighted by Gasteiger charge is 2.11. The van der Waals surface area contributed by atoms with E-state index in [-0.39, 0.29) is 12.0 Å². The third-order valence-corrected chi connectivity index (χ3v) is 2.98. The molecular formula is C13H20N6O2. The van der Waals surface area contributed by atoms with Crippen LogP contribution in [-0.4, -0.2) is 44.2 Å². The number of unbranched alkanes of at least 4 members (excludes halogenated alkanes) is 3. The highest BCUT2D eigenvalue weighted by Crippen LogP contribution is 2.12. The van der Waals surface area contributed by atoms with Gasteiger partial charge in [-0.25, -0.2) is 0 Å². The van der Waals surface area contributed by atoms with E-state index in [9.17, 15) is 0 Å². The number of hydrogen-bond donors (Lipinski definition) is 0. The van der Waals surface area contributed by atoms with Gasteiger partial charge >= 0.3 is 12.0 Å². The standard InChI is InChI=1S/C13H20N6O2/c1-4-5-6-7-8-10-9-19(18-17-10)11-14-12(20-2)16-13(15-11)21-3/h9H,4-8H2,1-3H3. The smallest absolute Gasteiger partial charge is 0.324 e. The molecule has 0 saturated carbocycles. The Morgan fingerprint density at radius 1 is 1.00 bits per heavy atom. The summed E-state index contributed by atoms with van der Waals surface area (Å²) in [6, 6.07) is 0.355. The summed E-state index contributed by atoms with van der Waals surface area (Å²) in [6.45, 7) is 2.19. The Morgan fingerprint density at radius 2 is 1.71 bits per heavy atom. The van der Waals surface area contributed by atoms with Gasteiger partial charge in [-0.2, -0.15) is 14.6 Å². The van der Waals surface area contributed by atoms with Gasteiger partial charge in [-0.1, -0.05) is 31.4 Å². The quantitative estimate of drug-likeness (QED) is 0.683. The van der Waals surface area contributed by atoms with E-state index < -0.39 is 0 Å². The maximum absolute atomic E-state index is 5.01. The van der Waals surface area contributed by atoms with E-state index in [0.29, 0.717) is 5.95 Å². The summed E-state index contributed by atoms with van der Waals surface area (Å²) >= 11 is 0. The number of aryl methyl sites for hydroxylation is 1. The van der Waals surface area contributed by atoms with Gasteiger partial charge in [0.25, 0.3) is 5.95 Å². The molecule has 8 heteroatoms. The Morgan fingerprint density at radius 3 is 2.33 bits per heavy atom. The fourth-order valence-electron chi connectivity index (χ4n) is 1.86. The SMILES string of the molecule is CCCCCCc1cn(-c2nc(OC)nc(OC)n2)nn1. The van der Waals surface area contributed by atoms with Crippen LogP contribution in [-0.2, 0) is 6.42 Å². The van der Waals surface area contributed by atoms with Gasteiger partial charge in [0.2, 0.25) is 0 Å². The van der Waals surface area contributed by atoms with Crippen molar-refractivity contribution < 1.29 is 9.47 Å². The van der Waals surface area contributed by atoms with E-state index >= 15 is 0 Å². The minimum Gasteiger partial charge on any atom is -0.467 e. The first-order chi connectivity index (χ1) is 10.3. The molecule has 0 fully saturated rings. The predicted octanol–water partition coefficient (Wildman–Crippen LogP) is 1.59. The lowest BCUT2D eigenvalue weighted by Crippen LogP contribution is -2.07. The summed E-state index contributed by atoms with van der Waals surface area (Å²) in [5, 5.41) is 8.17. The zero-order valence-corrected chi connectivity index (χ0v) is 12.6. The van der Waals surface area contributed by atoms with Crippen LogP contribution in [0.3, 0.4) is 0 Å². The molecule has 114 valence electrons. The lowest BCUT2D eigenvalue weighted by atomic mass is 10.1. The van der Waals surface area contributed by atoms with Gasteiger partial charge in [-0.3, -0.25) is 0 Å². The average molecular weight is 292 g/mol. The molecule has 0 unspecified atom stereocenters. The van der Waals surface area contributed by atoms with Crippen molar-refractivity contribution in [1.29, 1.82) is 0 Å². The zero-order chi connectivity index (χ0) is 15.1. The molecular weight excluding hydrogens is 272 g/mol. The van der Waals surface area contributed by atoms with E-state index in [1.165, 1.54) is 38.2 Å². The van der Waals surface area contributed by atoms with Crippen molar-refractivity contribution >= 4 is 0 Å². The van der Waals surface area contributed by atoms with Crippen LogP contribution in [0.25, 0.3) is 5.95 Å². The van der Waals surface area contributed by atoms with Crippen molar-refractivity contribution in [3.05, 3.63) is 11.9 Å². The maximum Gasteiger partial charge on any atom is 0.324 e. The van der Waals surface area contributed by atoms with Crippen LogP contribution in [0, 0.1) is 0 Å². The largest absolute Gasteiger partial charge is 0.467 e. The number of ether oxygens (including phenoxy) is 2. The van der Waals surface area contributed by atoms with E-state index in [1.54, 1.807) is 0 Å². The maximum atomic E-state index is 5.01. The number of nitrogens with zero attached hydrogens (tertiary/aromatic N) is 6. The molecule has 0 saturated heterocycles. The minimum atomic E-state index is 0.178. The van der Waals surface area contributed by atoms with Gasteiger partial charge in [0, 0.05) is 0 Å². The second-order valence-electron chi connectivity index (χ2n) is 4.57. The summed E-state index contributed by atoms with van der Waals surface area (Å²) in [7, 11) is 2.97. The first kappa shape index (κ1) is 15.1. The summed E-state index contributed by atoms with van der Waals surface area (Å²) in [5.41, 5.74) is 0.921. The summed E-state index contributed by atoms with van der Waals surface area (Å²) in [6.07, 6.45) is 7.50. The third-order valence-electron chi connectivity index (χ3n) is 2.98. The van der Waals surface area contributed by atoms with Crippen molar-refractivity contribution in [3.63, 3.8) is 0 Å². The van der Waals surface area contributed by atoms with Crippen molar-refractivity contribution in [2.75, 3.05) is 14.2 Å². The van der Waals surface area contributed by atoms with Crippen molar-refractivity contribution in [1.82, 2.24) is 29.9 Å². The van der Waals surface area contributed by atoms with Crippen molar-refractivity contribution in [2.45, 2.75) is 39.0 Å². The van der Waals surface area contributed by atoms with E-state index in [4.69, 9.17) is 9.47 Å². The molecule has 0 aliphatic heterocycles. The van der Waals surface area contributed by atoms with Gasteiger partial charge in [0.05, 0.1) is 26.1 Å². The summed E-state index contributed by atoms with van der Waals surface area (Å²) < 4.78 is 11.5. The van der Waals surface area contributed by atoms with Crippen molar-refractivity contribution in [3.8, 4) is 18.0 Å². The first-order valence-corrected chi connectivity index (χ1v) is 7.02.